The van der Waals surface area contributed by atoms with Crippen molar-refractivity contribution < 1.29 is 15.0 Å². The van der Waals surface area contributed by atoms with Crippen LogP contribution in [0, 0.1) is 0 Å². The highest BCUT2D eigenvalue weighted by Gasteiger charge is 2.20. The van der Waals surface area contributed by atoms with Crippen LogP contribution in [0.25, 0.3) is 0 Å². The molecule has 0 radical (unpaired) electrons. The third-order valence-corrected chi connectivity index (χ3v) is 3.34. The van der Waals surface area contributed by atoms with Gasteiger partial charge >= 0.3 is 5.97 Å². The Hall–Kier alpha value is -0.430. The van der Waals surface area contributed by atoms with Gasteiger partial charge in [0.25, 0.3) is 0 Å². The highest BCUT2D eigenvalue weighted by Crippen LogP contribution is 2.25. The number of carbonyl (C=O) groups is 1. The molecule has 1 aromatic heterocycles. The van der Waals surface area contributed by atoms with Crippen molar-refractivity contribution in [2.75, 3.05) is 13.2 Å². The van der Waals surface area contributed by atoms with Gasteiger partial charge in [0.1, 0.15) is 6.04 Å². The van der Waals surface area contributed by atoms with Gasteiger partial charge in [0, 0.05) is 21.3 Å². The number of carboxylic acids is 1. The maximum atomic E-state index is 10.9. The standard InChI is InChI=1S/C8H10BrNO3S/c9-5-3-6(14-4-5)7(8(12)13)10-1-2-11/h3-4,7,10-11H,1-2H2,(H,12,13)/t7-/m1/s1. The molecular formula is C8H10BrNO3S. The third kappa shape index (κ3) is 3.06. The van der Waals surface area contributed by atoms with E-state index in [2.05, 4.69) is 21.2 Å². The van der Waals surface area contributed by atoms with E-state index in [-0.39, 0.29) is 13.2 Å². The van der Waals surface area contributed by atoms with E-state index in [1.54, 1.807) is 6.07 Å². The first-order valence-corrected chi connectivity index (χ1v) is 5.63. The van der Waals surface area contributed by atoms with Gasteiger partial charge < -0.3 is 10.2 Å². The molecule has 0 amide bonds. The maximum Gasteiger partial charge on any atom is 0.326 e. The molecule has 0 aliphatic heterocycles. The molecule has 0 bridgehead atoms. The van der Waals surface area contributed by atoms with Gasteiger partial charge in [0.2, 0.25) is 0 Å². The molecule has 0 aromatic carbocycles. The van der Waals surface area contributed by atoms with Crippen LogP contribution >= 0.6 is 27.3 Å². The molecule has 0 aliphatic carbocycles. The molecule has 1 aromatic rings. The highest BCUT2D eigenvalue weighted by molar-refractivity contribution is 9.10. The van der Waals surface area contributed by atoms with Crippen molar-refractivity contribution >= 4 is 33.2 Å². The zero-order valence-corrected chi connectivity index (χ0v) is 9.64. The number of aliphatic hydroxyl groups excluding tert-OH is 1. The number of rotatable bonds is 5. The average molecular weight is 280 g/mol. The van der Waals surface area contributed by atoms with Crippen molar-refractivity contribution in [3.63, 3.8) is 0 Å². The second kappa shape index (κ2) is 5.45. The molecule has 1 heterocycles. The number of aliphatic carboxylic acids is 1. The zero-order chi connectivity index (χ0) is 10.6. The third-order valence-electron chi connectivity index (χ3n) is 1.58. The SMILES string of the molecule is O=C(O)[C@H](NCCO)c1cc(Br)cs1. The Balaban J connectivity index is 2.72. The molecule has 0 saturated heterocycles. The lowest BCUT2D eigenvalue weighted by atomic mass is 10.2. The van der Waals surface area contributed by atoms with Crippen LogP contribution in [0.3, 0.4) is 0 Å². The van der Waals surface area contributed by atoms with E-state index in [0.29, 0.717) is 0 Å². The second-order valence-electron chi connectivity index (χ2n) is 2.62. The molecular weight excluding hydrogens is 270 g/mol. The van der Waals surface area contributed by atoms with Crippen LogP contribution < -0.4 is 5.32 Å². The van der Waals surface area contributed by atoms with Crippen molar-refractivity contribution in [2.45, 2.75) is 6.04 Å². The molecule has 0 fully saturated rings. The topological polar surface area (TPSA) is 69.6 Å². The lowest BCUT2D eigenvalue weighted by molar-refractivity contribution is -0.139. The molecule has 3 N–H and O–H groups in total. The summed E-state index contributed by atoms with van der Waals surface area (Å²) in [6.45, 7) is 0.197. The summed E-state index contributed by atoms with van der Waals surface area (Å²) in [6.07, 6.45) is 0. The maximum absolute atomic E-state index is 10.9. The highest BCUT2D eigenvalue weighted by atomic mass is 79.9. The van der Waals surface area contributed by atoms with Crippen LogP contribution in [-0.2, 0) is 4.79 Å². The lowest BCUT2D eigenvalue weighted by Crippen LogP contribution is -2.29. The number of nitrogens with one attached hydrogen (secondary N) is 1. The first-order valence-electron chi connectivity index (χ1n) is 3.96. The largest absolute Gasteiger partial charge is 0.480 e. The molecule has 78 valence electrons. The lowest BCUT2D eigenvalue weighted by Gasteiger charge is -2.10. The van der Waals surface area contributed by atoms with Crippen LogP contribution in [-0.4, -0.2) is 29.3 Å². The number of carboxylic acid groups (broad SMARTS) is 1. The minimum absolute atomic E-state index is 0.0731. The number of hydrogen-bond donors (Lipinski definition) is 3. The Labute approximate surface area is 93.7 Å². The van der Waals surface area contributed by atoms with E-state index in [1.807, 2.05) is 5.38 Å². The molecule has 6 heteroatoms. The van der Waals surface area contributed by atoms with Gasteiger partial charge in [0.15, 0.2) is 0 Å². The van der Waals surface area contributed by atoms with Gasteiger partial charge in [0.05, 0.1) is 6.61 Å². The van der Waals surface area contributed by atoms with Crippen molar-refractivity contribution in [1.82, 2.24) is 5.32 Å². The Morgan fingerprint density at radius 2 is 2.43 bits per heavy atom. The molecule has 1 atom stereocenters. The van der Waals surface area contributed by atoms with Crippen LogP contribution in [0.4, 0.5) is 0 Å². The van der Waals surface area contributed by atoms with Crippen molar-refractivity contribution in [1.29, 1.82) is 0 Å². The molecule has 0 saturated carbocycles. The Kier molecular flexibility index (Phi) is 4.53. The van der Waals surface area contributed by atoms with E-state index in [0.717, 1.165) is 9.35 Å². The van der Waals surface area contributed by atoms with E-state index in [4.69, 9.17) is 10.2 Å². The molecule has 0 unspecified atom stereocenters. The van der Waals surface area contributed by atoms with Gasteiger partial charge in [-0.15, -0.1) is 11.3 Å². The minimum Gasteiger partial charge on any atom is -0.480 e. The van der Waals surface area contributed by atoms with Crippen LogP contribution in [0.1, 0.15) is 10.9 Å². The number of hydrogen-bond acceptors (Lipinski definition) is 4. The van der Waals surface area contributed by atoms with Crippen LogP contribution in [0.2, 0.25) is 0 Å². The fourth-order valence-corrected chi connectivity index (χ4v) is 2.51. The number of halogens is 1. The van der Waals surface area contributed by atoms with E-state index in [1.165, 1.54) is 11.3 Å². The van der Waals surface area contributed by atoms with Crippen molar-refractivity contribution in [2.24, 2.45) is 0 Å². The van der Waals surface area contributed by atoms with Gasteiger partial charge in [-0.05, 0) is 22.0 Å². The zero-order valence-electron chi connectivity index (χ0n) is 7.24. The van der Waals surface area contributed by atoms with E-state index < -0.39 is 12.0 Å². The Morgan fingerprint density at radius 1 is 1.71 bits per heavy atom. The summed E-state index contributed by atoms with van der Waals surface area (Å²) in [7, 11) is 0. The monoisotopic (exact) mass is 279 g/mol. The fraction of sp³-hybridized carbons (Fsp3) is 0.375. The average Bonchev–Trinajstić information content (AvgIpc) is 2.52. The van der Waals surface area contributed by atoms with Gasteiger partial charge in [-0.25, -0.2) is 0 Å². The summed E-state index contributed by atoms with van der Waals surface area (Å²) in [5, 5.41) is 22.1. The fourth-order valence-electron chi connectivity index (χ4n) is 0.998. The molecule has 4 nitrogen and oxygen atoms in total. The van der Waals surface area contributed by atoms with Crippen molar-refractivity contribution in [3.05, 3.63) is 20.8 Å². The summed E-state index contributed by atoms with van der Waals surface area (Å²) < 4.78 is 0.870. The summed E-state index contributed by atoms with van der Waals surface area (Å²) >= 11 is 4.62. The first-order chi connectivity index (χ1) is 6.65. The van der Waals surface area contributed by atoms with E-state index in [9.17, 15) is 4.79 Å². The smallest absolute Gasteiger partial charge is 0.326 e. The molecule has 0 spiro atoms. The predicted octanol–water partition coefficient (Wildman–Crippen LogP) is 1.22. The molecule has 1 rings (SSSR count). The first kappa shape index (κ1) is 11.6. The predicted molar refractivity (Wildman–Crippen MR) is 57.5 cm³/mol. The number of thiophene rings is 1. The number of aliphatic hydroxyl groups is 1. The van der Waals surface area contributed by atoms with Crippen molar-refractivity contribution in [3.8, 4) is 0 Å². The Bertz CT molecular complexity index is 315. The minimum atomic E-state index is -0.937. The summed E-state index contributed by atoms with van der Waals surface area (Å²) in [5.41, 5.74) is 0. The molecule has 14 heavy (non-hydrogen) atoms. The summed E-state index contributed by atoms with van der Waals surface area (Å²) in [6, 6.07) is 1.02. The van der Waals surface area contributed by atoms with E-state index >= 15 is 0 Å². The van der Waals surface area contributed by atoms with Crippen LogP contribution in [0.5, 0.6) is 0 Å². The van der Waals surface area contributed by atoms with Gasteiger partial charge in [-0.3, -0.25) is 10.1 Å². The van der Waals surface area contributed by atoms with Gasteiger partial charge in [-0.1, -0.05) is 0 Å². The summed E-state index contributed by atoms with van der Waals surface area (Å²) in [4.78, 5) is 11.6. The normalized spacial score (nSPS) is 12.7. The molecule has 0 aliphatic rings. The summed E-state index contributed by atoms with van der Waals surface area (Å²) in [5.74, 6) is -0.937. The second-order valence-corrected chi connectivity index (χ2v) is 4.47. The van der Waals surface area contributed by atoms with Gasteiger partial charge in [-0.2, -0.15) is 0 Å². The van der Waals surface area contributed by atoms with Crippen LogP contribution in [0.15, 0.2) is 15.9 Å². The Morgan fingerprint density at radius 3 is 2.86 bits per heavy atom. The quantitative estimate of drug-likeness (QED) is 0.758.